The van der Waals surface area contributed by atoms with E-state index in [-0.39, 0.29) is 6.04 Å². The summed E-state index contributed by atoms with van der Waals surface area (Å²) in [6.45, 7) is 0.918. The molecule has 4 nitrogen and oxygen atoms in total. The van der Waals surface area contributed by atoms with E-state index in [4.69, 9.17) is 10.6 Å². The number of hydrogen-bond acceptors (Lipinski definition) is 4. The Kier molecular flexibility index (Phi) is 5.19. The van der Waals surface area contributed by atoms with Gasteiger partial charge in [-0.2, -0.15) is 0 Å². The molecule has 0 aromatic heterocycles. The van der Waals surface area contributed by atoms with Crippen molar-refractivity contribution in [1.82, 2.24) is 5.43 Å². The number of anilines is 1. The lowest BCUT2D eigenvalue weighted by molar-refractivity contribution is 0.0996. The van der Waals surface area contributed by atoms with E-state index >= 15 is 0 Å². The van der Waals surface area contributed by atoms with Crippen LogP contribution in [0.2, 0.25) is 0 Å². The maximum Gasteiger partial charge on any atom is 0.0576 e. The number of rotatable bonds is 6. The zero-order valence-corrected chi connectivity index (χ0v) is 11.9. The van der Waals surface area contributed by atoms with Crippen molar-refractivity contribution in [3.8, 4) is 0 Å². The van der Waals surface area contributed by atoms with Crippen molar-refractivity contribution in [2.45, 2.75) is 37.8 Å². The topological polar surface area (TPSA) is 50.5 Å². The van der Waals surface area contributed by atoms with E-state index in [1.807, 2.05) is 0 Å². The third-order valence-corrected chi connectivity index (χ3v) is 3.79. The van der Waals surface area contributed by atoms with Crippen molar-refractivity contribution in [3.63, 3.8) is 0 Å². The van der Waals surface area contributed by atoms with Crippen LogP contribution in [0.4, 0.5) is 5.69 Å². The average molecular weight is 263 g/mol. The molecule has 2 rings (SSSR count). The maximum absolute atomic E-state index is 5.71. The zero-order valence-electron chi connectivity index (χ0n) is 11.9. The summed E-state index contributed by atoms with van der Waals surface area (Å²) in [7, 11) is 4.10. The Morgan fingerprint density at radius 1 is 1.47 bits per heavy atom. The van der Waals surface area contributed by atoms with E-state index in [0.29, 0.717) is 6.10 Å². The smallest absolute Gasteiger partial charge is 0.0576 e. The number of benzene rings is 1. The van der Waals surface area contributed by atoms with E-state index in [1.165, 1.54) is 24.1 Å². The average Bonchev–Trinajstić information content (AvgIpc) is 2.93. The lowest BCUT2D eigenvalue weighted by Gasteiger charge is -2.20. The second kappa shape index (κ2) is 6.89. The van der Waals surface area contributed by atoms with Crippen LogP contribution >= 0.6 is 0 Å². The third kappa shape index (κ3) is 3.93. The quantitative estimate of drug-likeness (QED) is 0.610. The van der Waals surface area contributed by atoms with Gasteiger partial charge in [-0.15, -0.1) is 0 Å². The molecule has 1 aliphatic rings. The molecular formula is C15H25N3O. The minimum Gasteiger partial charge on any atom is -0.378 e. The molecule has 3 N–H and O–H groups in total. The van der Waals surface area contributed by atoms with Crippen molar-refractivity contribution >= 4 is 5.69 Å². The Hall–Kier alpha value is -1.10. The molecule has 0 radical (unpaired) electrons. The van der Waals surface area contributed by atoms with E-state index < -0.39 is 0 Å². The van der Waals surface area contributed by atoms with Crippen LogP contribution in [0.25, 0.3) is 0 Å². The van der Waals surface area contributed by atoms with E-state index in [9.17, 15) is 0 Å². The van der Waals surface area contributed by atoms with Crippen LogP contribution in [0.3, 0.4) is 0 Å². The van der Waals surface area contributed by atoms with Gasteiger partial charge in [0.2, 0.25) is 0 Å². The van der Waals surface area contributed by atoms with Crippen LogP contribution in [0.5, 0.6) is 0 Å². The molecule has 0 bridgehead atoms. The van der Waals surface area contributed by atoms with Gasteiger partial charge >= 0.3 is 0 Å². The van der Waals surface area contributed by atoms with E-state index in [0.717, 1.165) is 19.4 Å². The van der Waals surface area contributed by atoms with Gasteiger partial charge in [0.05, 0.1) is 6.10 Å². The first-order valence-corrected chi connectivity index (χ1v) is 7.05. The molecule has 1 aromatic carbocycles. The molecule has 1 heterocycles. The molecule has 1 fully saturated rings. The van der Waals surface area contributed by atoms with Gasteiger partial charge in [0.25, 0.3) is 0 Å². The SMILES string of the molecule is CN(C)c1cccc(C(CCC2CCCO2)NN)c1. The van der Waals surface area contributed by atoms with E-state index in [1.54, 1.807) is 0 Å². The van der Waals surface area contributed by atoms with Gasteiger partial charge in [0, 0.05) is 32.4 Å². The molecule has 2 unspecified atom stereocenters. The fourth-order valence-corrected chi connectivity index (χ4v) is 2.59. The van der Waals surface area contributed by atoms with Crippen LogP contribution < -0.4 is 16.2 Å². The lowest BCUT2D eigenvalue weighted by Crippen LogP contribution is -2.29. The molecule has 1 aliphatic heterocycles. The summed E-state index contributed by atoms with van der Waals surface area (Å²) in [4.78, 5) is 2.11. The minimum absolute atomic E-state index is 0.198. The number of nitrogens with two attached hydrogens (primary N) is 1. The first-order chi connectivity index (χ1) is 9.20. The molecule has 0 aliphatic carbocycles. The number of hydrogen-bond donors (Lipinski definition) is 2. The number of nitrogens with zero attached hydrogens (tertiary/aromatic N) is 1. The molecule has 106 valence electrons. The first kappa shape index (κ1) is 14.3. The van der Waals surface area contributed by atoms with Crippen molar-refractivity contribution in [2.75, 3.05) is 25.6 Å². The fraction of sp³-hybridized carbons (Fsp3) is 0.600. The largest absolute Gasteiger partial charge is 0.378 e. The summed E-state index contributed by atoms with van der Waals surface area (Å²) in [5.74, 6) is 5.71. The summed E-state index contributed by atoms with van der Waals surface area (Å²) < 4.78 is 5.67. The predicted molar refractivity (Wildman–Crippen MR) is 79.0 cm³/mol. The van der Waals surface area contributed by atoms with Crippen LogP contribution in [0.15, 0.2) is 24.3 Å². The molecule has 0 amide bonds. The van der Waals surface area contributed by atoms with Gasteiger partial charge < -0.3 is 9.64 Å². The van der Waals surface area contributed by atoms with Gasteiger partial charge in [-0.05, 0) is 43.4 Å². The summed E-state index contributed by atoms with van der Waals surface area (Å²) >= 11 is 0. The summed E-state index contributed by atoms with van der Waals surface area (Å²) in [6, 6.07) is 8.72. The zero-order chi connectivity index (χ0) is 13.7. The highest BCUT2D eigenvalue weighted by atomic mass is 16.5. The highest BCUT2D eigenvalue weighted by Crippen LogP contribution is 2.25. The van der Waals surface area contributed by atoms with Gasteiger partial charge in [-0.3, -0.25) is 11.3 Å². The van der Waals surface area contributed by atoms with Gasteiger partial charge in [-0.1, -0.05) is 12.1 Å². The van der Waals surface area contributed by atoms with Crippen molar-refractivity contribution in [2.24, 2.45) is 5.84 Å². The third-order valence-electron chi connectivity index (χ3n) is 3.79. The van der Waals surface area contributed by atoms with Crippen molar-refractivity contribution in [3.05, 3.63) is 29.8 Å². The van der Waals surface area contributed by atoms with Gasteiger partial charge in [0.15, 0.2) is 0 Å². The number of hydrazine groups is 1. The van der Waals surface area contributed by atoms with Crippen molar-refractivity contribution < 1.29 is 4.74 Å². The summed E-state index contributed by atoms with van der Waals surface area (Å²) in [5, 5.41) is 0. The second-order valence-corrected chi connectivity index (χ2v) is 5.42. The highest BCUT2D eigenvalue weighted by molar-refractivity contribution is 5.47. The first-order valence-electron chi connectivity index (χ1n) is 7.05. The molecule has 1 saturated heterocycles. The van der Waals surface area contributed by atoms with Gasteiger partial charge in [0.1, 0.15) is 0 Å². The molecule has 19 heavy (non-hydrogen) atoms. The summed E-state index contributed by atoms with van der Waals surface area (Å²) in [6.07, 6.45) is 4.89. The molecule has 1 aromatic rings. The normalized spacial score (nSPS) is 20.5. The van der Waals surface area contributed by atoms with Crippen LogP contribution in [0.1, 0.15) is 37.3 Å². The fourth-order valence-electron chi connectivity index (χ4n) is 2.59. The maximum atomic E-state index is 5.71. The minimum atomic E-state index is 0.198. The Balaban J connectivity index is 1.97. The monoisotopic (exact) mass is 263 g/mol. The van der Waals surface area contributed by atoms with E-state index in [2.05, 4.69) is 48.7 Å². The van der Waals surface area contributed by atoms with Crippen LogP contribution in [-0.2, 0) is 4.74 Å². The predicted octanol–water partition coefficient (Wildman–Crippen LogP) is 2.22. The Bertz CT molecular complexity index is 389. The molecular weight excluding hydrogens is 238 g/mol. The number of ether oxygens (including phenoxy) is 1. The summed E-state index contributed by atoms with van der Waals surface area (Å²) in [5.41, 5.74) is 5.38. The van der Waals surface area contributed by atoms with Crippen LogP contribution in [0, 0.1) is 0 Å². The lowest BCUT2D eigenvalue weighted by atomic mass is 9.99. The number of nitrogens with one attached hydrogen (secondary N) is 1. The molecule has 4 heteroatoms. The van der Waals surface area contributed by atoms with Crippen LogP contribution in [-0.4, -0.2) is 26.8 Å². The highest BCUT2D eigenvalue weighted by Gasteiger charge is 2.18. The Labute approximate surface area is 115 Å². The second-order valence-electron chi connectivity index (χ2n) is 5.42. The van der Waals surface area contributed by atoms with Crippen molar-refractivity contribution in [1.29, 1.82) is 0 Å². The molecule has 2 atom stereocenters. The van der Waals surface area contributed by atoms with Gasteiger partial charge in [-0.25, -0.2) is 0 Å². The Morgan fingerprint density at radius 3 is 2.95 bits per heavy atom. The standard InChI is InChI=1S/C15H25N3O/c1-18(2)13-6-3-5-12(11-13)15(17-16)9-8-14-7-4-10-19-14/h3,5-6,11,14-15,17H,4,7-10,16H2,1-2H3. The Morgan fingerprint density at radius 2 is 2.32 bits per heavy atom. The molecule has 0 spiro atoms. The molecule has 0 saturated carbocycles.